The molecule has 0 bridgehead atoms. The van der Waals surface area contributed by atoms with E-state index >= 15 is 0 Å². The third-order valence-corrected chi connectivity index (χ3v) is 7.65. The van der Waals surface area contributed by atoms with Gasteiger partial charge >= 0.3 is 6.09 Å². The lowest BCUT2D eigenvalue weighted by atomic mass is 9.84. The average molecular weight is 566 g/mol. The van der Waals surface area contributed by atoms with Gasteiger partial charge in [0.1, 0.15) is 6.04 Å². The van der Waals surface area contributed by atoms with Gasteiger partial charge in [-0.2, -0.15) is 0 Å². The predicted octanol–water partition coefficient (Wildman–Crippen LogP) is 4.59. The molecule has 2 aromatic carbocycles. The number of carboxylic acid groups (broad SMARTS) is 1. The summed E-state index contributed by atoms with van der Waals surface area (Å²) in [5, 5.41) is 29.0. The Kier molecular flexibility index (Phi) is 10.9. The number of amides is 3. The number of carbonyl (C=O) groups is 3. The maximum absolute atomic E-state index is 13.6. The Morgan fingerprint density at radius 1 is 0.875 bits per heavy atom. The lowest BCUT2D eigenvalue weighted by Crippen LogP contribution is -2.58. The van der Waals surface area contributed by atoms with Gasteiger partial charge in [0.2, 0.25) is 5.91 Å². The van der Waals surface area contributed by atoms with E-state index in [1.165, 1.54) is 18.4 Å². The van der Waals surface area contributed by atoms with Crippen molar-refractivity contribution in [1.29, 1.82) is 0 Å². The van der Waals surface area contributed by atoms with Crippen LogP contribution in [0.4, 0.5) is 4.79 Å². The van der Waals surface area contributed by atoms with Crippen LogP contribution in [0.3, 0.4) is 0 Å². The molecular weight excluding hydrogens is 526 g/mol. The van der Waals surface area contributed by atoms with Gasteiger partial charge in [0.25, 0.3) is 5.91 Å². The number of likely N-dealkylation sites (N-methyl/N-ethyl adjacent to an activating group) is 1. The molecule has 40 heavy (non-hydrogen) atoms. The van der Waals surface area contributed by atoms with Crippen LogP contribution < -0.4 is 10.6 Å². The summed E-state index contributed by atoms with van der Waals surface area (Å²) in [6.07, 6.45) is -1.24. The second-order valence-electron chi connectivity index (χ2n) is 11.1. The lowest BCUT2D eigenvalue weighted by molar-refractivity contribution is -0.130. The number of aliphatic hydroxyl groups is 1. The van der Waals surface area contributed by atoms with Crippen molar-refractivity contribution in [2.45, 2.75) is 64.3 Å². The molecular formula is C31H39N3O5S. The normalized spacial score (nSPS) is 14.4. The second-order valence-corrected chi connectivity index (χ2v) is 12.1. The van der Waals surface area contributed by atoms with Crippen molar-refractivity contribution in [3.8, 4) is 0 Å². The summed E-state index contributed by atoms with van der Waals surface area (Å²) in [5.41, 5.74) is 1.22. The van der Waals surface area contributed by atoms with Crippen LogP contribution in [-0.2, 0) is 17.6 Å². The average Bonchev–Trinajstić information content (AvgIpc) is 3.44. The number of hydrogen-bond acceptors (Lipinski definition) is 5. The van der Waals surface area contributed by atoms with Crippen LogP contribution in [0.15, 0.2) is 78.2 Å². The monoisotopic (exact) mass is 565 g/mol. The van der Waals surface area contributed by atoms with Crippen LogP contribution in [0.5, 0.6) is 0 Å². The van der Waals surface area contributed by atoms with Gasteiger partial charge in [0.15, 0.2) is 0 Å². The van der Waals surface area contributed by atoms with Crippen molar-refractivity contribution < 1.29 is 24.6 Å². The number of rotatable bonds is 12. The molecule has 1 heterocycles. The van der Waals surface area contributed by atoms with Crippen LogP contribution >= 0.6 is 11.3 Å². The van der Waals surface area contributed by atoms with Gasteiger partial charge in [-0.15, -0.1) is 11.3 Å². The smallest absolute Gasteiger partial charge is 0.407 e. The maximum atomic E-state index is 13.6. The minimum atomic E-state index is -1.21. The number of carbonyl (C=O) groups excluding carboxylic acids is 2. The van der Waals surface area contributed by atoms with Crippen LogP contribution in [0.1, 0.15) is 48.0 Å². The molecule has 9 heteroatoms. The highest BCUT2D eigenvalue weighted by Gasteiger charge is 2.39. The molecule has 0 aliphatic carbocycles. The van der Waals surface area contributed by atoms with Crippen LogP contribution in [0, 0.1) is 5.41 Å². The van der Waals surface area contributed by atoms with E-state index in [9.17, 15) is 24.6 Å². The van der Waals surface area contributed by atoms with E-state index in [-0.39, 0.29) is 12.3 Å². The van der Waals surface area contributed by atoms with Crippen molar-refractivity contribution in [3.05, 3.63) is 94.2 Å². The summed E-state index contributed by atoms with van der Waals surface area (Å²) in [4.78, 5) is 39.9. The Morgan fingerprint density at radius 3 is 1.95 bits per heavy atom. The highest BCUT2D eigenvalue weighted by Crippen LogP contribution is 2.25. The Labute approximate surface area is 240 Å². The zero-order chi connectivity index (χ0) is 29.3. The third-order valence-electron chi connectivity index (χ3n) is 6.78. The lowest BCUT2D eigenvalue weighted by Gasteiger charge is -2.37. The number of thiophene rings is 1. The highest BCUT2D eigenvalue weighted by atomic mass is 32.1. The Balaban J connectivity index is 1.86. The van der Waals surface area contributed by atoms with Crippen LogP contribution in [0.25, 0.3) is 0 Å². The van der Waals surface area contributed by atoms with Crippen molar-refractivity contribution in [2.24, 2.45) is 5.41 Å². The molecule has 0 fully saturated rings. The number of hydrogen-bond donors (Lipinski definition) is 4. The minimum Gasteiger partial charge on any atom is -0.465 e. The summed E-state index contributed by atoms with van der Waals surface area (Å²) in [6.45, 7) is 5.40. The van der Waals surface area contributed by atoms with Gasteiger partial charge in [-0.05, 0) is 47.3 Å². The highest BCUT2D eigenvalue weighted by molar-refractivity contribution is 7.12. The van der Waals surface area contributed by atoms with Gasteiger partial charge < -0.3 is 20.8 Å². The number of benzene rings is 2. The van der Waals surface area contributed by atoms with E-state index in [0.29, 0.717) is 17.7 Å². The molecule has 3 amide bonds. The fraction of sp³-hybridized carbons (Fsp3) is 0.387. The molecule has 0 aliphatic rings. The molecule has 3 aromatic rings. The summed E-state index contributed by atoms with van der Waals surface area (Å²) in [7, 11) is 1.37. The van der Waals surface area contributed by atoms with Crippen molar-refractivity contribution in [1.82, 2.24) is 15.5 Å². The standard InChI is InChI=1S/C31H39N3O5S/c1-31(2,3)27(34(4)30(38)39)29(37)33-24(19-22-14-9-6-10-15-22)25(35)20-23(18-21-12-7-5-8-13-21)32-28(36)26-16-11-17-40-26/h5-17,23-25,27,35H,18-20H2,1-4H3,(H,32,36)(H,33,37)(H,38,39)/t23-,24-,25+,27+/m0/s1. The first-order valence-electron chi connectivity index (χ1n) is 13.3. The van der Waals surface area contributed by atoms with E-state index in [4.69, 9.17) is 0 Å². The molecule has 3 rings (SSSR count). The van der Waals surface area contributed by atoms with E-state index in [2.05, 4.69) is 10.6 Å². The molecule has 0 spiro atoms. The van der Waals surface area contributed by atoms with Gasteiger partial charge in [-0.1, -0.05) is 87.5 Å². The fourth-order valence-corrected chi connectivity index (χ4v) is 5.51. The Hall–Kier alpha value is -3.69. The number of nitrogens with zero attached hydrogens (tertiary/aromatic N) is 1. The fourth-order valence-electron chi connectivity index (χ4n) is 4.89. The molecule has 0 saturated heterocycles. The molecule has 4 atom stereocenters. The van der Waals surface area contributed by atoms with Crippen molar-refractivity contribution in [3.63, 3.8) is 0 Å². The third kappa shape index (κ3) is 8.93. The van der Waals surface area contributed by atoms with Gasteiger partial charge in [-0.3, -0.25) is 14.5 Å². The summed E-state index contributed by atoms with van der Waals surface area (Å²) in [5.74, 6) is -0.706. The Morgan fingerprint density at radius 2 is 1.45 bits per heavy atom. The molecule has 0 saturated carbocycles. The van der Waals surface area contributed by atoms with Gasteiger partial charge in [0.05, 0.1) is 17.0 Å². The van der Waals surface area contributed by atoms with E-state index < -0.39 is 41.6 Å². The molecule has 0 unspecified atom stereocenters. The topological polar surface area (TPSA) is 119 Å². The summed E-state index contributed by atoms with van der Waals surface area (Å²) in [6, 6.07) is 20.6. The van der Waals surface area contributed by atoms with Crippen LogP contribution in [0.2, 0.25) is 0 Å². The summed E-state index contributed by atoms with van der Waals surface area (Å²) < 4.78 is 0. The van der Waals surface area contributed by atoms with Crippen molar-refractivity contribution in [2.75, 3.05) is 7.05 Å². The minimum absolute atomic E-state index is 0.179. The van der Waals surface area contributed by atoms with Crippen molar-refractivity contribution >= 4 is 29.2 Å². The maximum Gasteiger partial charge on any atom is 0.407 e. The quantitative estimate of drug-likeness (QED) is 0.256. The predicted molar refractivity (Wildman–Crippen MR) is 157 cm³/mol. The molecule has 0 aliphatic heterocycles. The first-order chi connectivity index (χ1) is 19.0. The molecule has 0 radical (unpaired) electrons. The van der Waals surface area contributed by atoms with E-state index in [1.807, 2.05) is 72.1 Å². The first kappa shape index (κ1) is 30.8. The van der Waals surface area contributed by atoms with E-state index in [1.54, 1.807) is 26.8 Å². The number of nitrogens with one attached hydrogen (secondary N) is 2. The SMILES string of the molecule is CN(C(=O)O)[C@H](C(=O)N[C@@H](Cc1ccccc1)[C@H](O)C[C@H](Cc1ccccc1)NC(=O)c1cccs1)C(C)(C)C. The van der Waals surface area contributed by atoms with Gasteiger partial charge in [-0.25, -0.2) is 4.79 Å². The zero-order valence-corrected chi connectivity index (χ0v) is 24.2. The second kappa shape index (κ2) is 14.1. The molecule has 8 nitrogen and oxygen atoms in total. The number of aliphatic hydroxyl groups excluding tert-OH is 1. The molecule has 214 valence electrons. The zero-order valence-electron chi connectivity index (χ0n) is 23.4. The Bertz CT molecular complexity index is 1230. The molecule has 4 N–H and O–H groups in total. The largest absolute Gasteiger partial charge is 0.465 e. The first-order valence-corrected chi connectivity index (χ1v) is 14.2. The van der Waals surface area contributed by atoms with E-state index in [0.717, 1.165) is 16.0 Å². The summed E-state index contributed by atoms with van der Waals surface area (Å²) >= 11 is 1.34. The van der Waals surface area contributed by atoms with Crippen LogP contribution in [-0.4, -0.2) is 64.3 Å². The van der Waals surface area contributed by atoms with Gasteiger partial charge in [0, 0.05) is 13.1 Å². The molecule has 1 aromatic heterocycles.